The Balaban J connectivity index is 2.34. The minimum Gasteiger partial charge on any atom is -0.399 e. The molecular formula is C12H17ClN2O. The molecule has 1 aliphatic rings. The Morgan fingerprint density at radius 1 is 1.31 bits per heavy atom. The van der Waals surface area contributed by atoms with E-state index in [0.29, 0.717) is 22.8 Å². The minimum absolute atomic E-state index is 0.338. The zero-order valence-corrected chi connectivity index (χ0v) is 10.4. The largest absolute Gasteiger partial charge is 0.399 e. The Hall–Kier alpha value is -0.930. The van der Waals surface area contributed by atoms with E-state index in [2.05, 4.69) is 18.7 Å². The van der Waals surface area contributed by atoms with Crippen molar-refractivity contribution in [1.29, 1.82) is 0 Å². The molecule has 0 amide bonds. The van der Waals surface area contributed by atoms with E-state index in [1.54, 1.807) is 6.07 Å². The summed E-state index contributed by atoms with van der Waals surface area (Å²) >= 11 is 6.23. The summed E-state index contributed by atoms with van der Waals surface area (Å²) in [6, 6.07) is 6.34. The highest BCUT2D eigenvalue weighted by atomic mass is 35.5. The van der Waals surface area contributed by atoms with Crippen molar-refractivity contribution in [2.75, 3.05) is 23.8 Å². The van der Waals surface area contributed by atoms with Crippen molar-refractivity contribution in [2.45, 2.75) is 25.9 Å². The van der Waals surface area contributed by atoms with E-state index in [0.717, 1.165) is 18.9 Å². The molecule has 1 fully saturated rings. The van der Waals surface area contributed by atoms with Gasteiger partial charge in [-0.2, -0.15) is 0 Å². The first kappa shape index (κ1) is 11.6. The molecule has 1 aromatic carbocycles. The lowest BCUT2D eigenvalue weighted by atomic mass is 10.1. The Bertz CT molecular complexity index is 373. The Labute approximate surface area is 101 Å². The van der Waals surface area contributed by atoms with Crippen LogP contribution in [0.1, 0.15) is 13.8 Å². The summed E-state index contributed by atoms with van der Waals surface area (Å²) in [6.07, 6.45) is 0. The van der Waals surface area contributed by atoms with Crippen molar-refractivity contribution in [3.8, 4) is 0 Å². The molecule has 3 nitrogen and oxygen atoms in total. The topological polar surface area (TPSA) is 38.5 Å². The van der Waals surface area contributed by atoms with Gasteiger partial charge in [0.2, 0.25) is 0 Å². The number of hydrogen-bond acceptors (Lipinski definition) is 3. The van der Waals surface area contributed by atoms with Crippen LogP contribution in [0, 0.1) is 0 Å². The van der Waals surface area contributed by atoms with Crippen molar-refractivity contribution in [3.05, 3.63) is 23.2 Å². The van der Waals surface area contributed by atoms with Gasteiger partial charge in [0.15, 0.2) is 0 Å². The van der Waals surface area contributed by atoms with Gasteiger partial charge < -0.3 is 15.4 Å². The first-order chi connectivity index (χ1) is 7.59. The summed E-state index contributed by atoms with van der Waals surface area (Å²) in [5.41, 5.74) is 7.44. The second kappa shape index (κ2) is 4.52. The molecule has 0 radical (unpaired) electrons. The second-order valence-corrected chi connectivity index (χ2v) is 4.76. The monoisotopic (exact) mass is 240 g/mol. The predicted octanol–water partition coefficient (Wildman–Crippen LogP) is 2.54. The standard InChI is InChI=1S/C12H17ClN2O/c1-8-6-16-7-9(2)15(8)12-4-3-10(14)5-11(12)13/h3-5,8-9H,6-7,14H2,1-2H3. The van der Waals surface area contributed by atoms with Gasteiger partial charge in [0.05, 0.1) is 23.9 Å². The van der Waals surface area contributed by atoms with Crippen molar-refractivity contribution in [3.63, 3.8) is 0 Å². The molecule has 0 aliphatic carbocycles. The highest BCUT2D eigenvalue weighted by Gasteiger charge is 2.26. The molecular weight excluding hydrogens is 224 g/mol. The van der Waals surface area contributed by atoms with Crippen LogP contribution in [0.15, 0.2) is 18.2 Å². The number of morpholine rings is 1. The van der Waals surface area contributed by atoms with Gasteiger partial charge >= 0.3 is 0 Å². The van der Waals surface area contributed by atoms with Gasteiger partial charge in [-0.3, -0.25) is 0 Å². The van der Waals surface area contributed by atoms with Crippen LogP contribution in [0.5, 0.6) is 0 Å². The van der Waals surface area contributed by atoms with E-state index in [-0.39, 0.29) is 0 Å². The first-order valence-corrected chi connectivity index (χ1v) is 5.88. The molecule has 2 N–H and O–H groups in total. The predicted molar refractivity (Wildman–Crippen MR) is 68.1 cm³/mol. The smallest absolute Gasteiger partial charge is 0.0668 e. The van der Waals surface area contributed by atoms with Gasteiger partial charge in [-0.15, -0.1) is 0 Å². The molecule has 16 heavy (non-hydrogen) atoms. The molecule has 4 heteroatoms. The van der Waals surface area contributed by atoms with Gasteiger partial charge in [0.1, 0.15) is 0 Å². The molecule has 1 aromatic rings. The molecule has 2 unspecified atom stereocenters. The fraction of sp³-hybridized carbons (Fsp3) is 0.500. The second-order valence-electron chi connectivity index (χ2n) is 4.35. The average molecular weight is 241 g/mol. The Kier molecular flexibility index (Phi) is 3.26. The highest BCUT2D eigenvalue weighted by molar-refractivity contribution is 6.33. The van der Waals surface area contributed by atoms with Gasteiger partial charge in [-0.1, -0.05) is 11.6 Å². The van der Waals surface area contributed by atoms with E-state index in [1.165, 1.54) is 0 Å². The lowest BCUT2D eigenvalue weighted by Gasteiger charge is -2.41. The maximum atomic E-state index is 6.23. The molecule has 0 aromatic heterocycles. The first-order valence-electron chi connectivity index (χ1n) is 5.50. The number of rotatable bonds is 1. The van der Waals surface area contributed by atoms with Crippen LogP contribution in [0.3, 0.4) is 0 Å². The third-order valence-electron chi connectivity index (χ3n) is 2.92. The fourth-order valence-electron chi connectivity index (χ4n) is 2.21. The quantitative estimate of drug-likeness (QED) is 0.767. The third-order valence-corrected chi connectivity index (χ3v) is 3.22. The maximum absolute atomic E-state index is 6.23. The summed E-state index contributed by atoms with van der Waals surface area (Å²) in [6.45, 7) is 5.76. The highest BCUT2D eigenvalue weighted by Crippen LogP contribution is 2.32. The van der Waals surface area contributed by atoms with Crippen LogP contribution in [0.2, 0.25) is 5.02 Å². The lowest BCUT2D eigenvalue weighted by molar-refractivity contribution is 0.0757. The van der Waals surface area contributed by atoms with Crippen LogP contribution in [0.4, 0.5) is 11.4 Å². The van der Waals surface area contributed by atoms with Gasteiger partial charge in [-0.05, 0) is 32.0 Å². The number of nitrogens with two attached hydrogens (primary N) is 1. The number of nitrogen functional groups attached to an aromatic ring is 1. The summed E-state index contributed by atoms with van der Waals surface area (Å²) in [5, 5.41) is 0.709. The summed E-state index contributed by atoms with van der Waals surface area (Å²) in [7, 11) is 0. The maximum Gasteiger partial charge on any atom is 0.0668 e. The molecule has 1 heterocycles. The Morgan fingerprint density at radius 2 is 1.94 bits per heavy atom. The van der Waals surface area contributed by atoms with Gasteiger partial charge in [0, 0.05) is 17.8 Å². The van der Waals surface area contributed by atoms with Crippen molar-refractivity contribution < 1.29 is 4.74 Å². The van der Waals surface area contributed by atoms with E-state index >= 15 is 0 Å². The van der Waals surface area contributed by atoms with Crippen LogP contribution < -0.4 is 10.6 Å². The fourth-order valence-corrected chi connectivity index (χ4v) is 2.50. The third kappa shape index (κ3) is 2.11. The molecule has 0 spiro atoms. The molecule has 1 aliphatic heterocycles. The number of ether oxygens (including phenoxy) is 1. The van der Waals surface area contributed by atoms with Gasteiger partial charge in [0.25, 0.3) is 0 Å². The van der Waals surface area contributed by atoms with Crippen molar-refractivity contribution in [2.24, 2.45) is 0 Å². The van der Waals surface area contributed by atoms with Crippen LogP contribution in [-0.2, 0) is 4.74 Å². The van der Waals surface area contributed by atoms with Crippen LogP contribution >= 0.6 is 11.6 Å². The van der Waals surface area contributed by atoms with E-state index in [9.17, 15) is 0 Å². The zero-order chi connectivity index (χ0) is 11.7. The van der Waals surface area contributed by atoms with E-state index < -0.39 is 0 Å². The molecule has 0 bridgehead atoms. The number of anilines is 2. The molecule has 2 atom stereocenters. The lowest BCUT2D eigenvalue weighted by Crippen LogP contribution is -2.49. The molecule has 1 saturated heterocycles. The zero-order valence-electron chi connectivity index (χ0n) is 9.61. The summed E-state index contributed by atoms with van der Waals surface area (Å²) in [4.78, 5) is 2.30. The molecule has 0 saturated carbocycles. The minimum atomic E-state index is 0.338. The van der Waals surface area contributed by atoms with E-state index in [1.807, 2.05) is 12.1 Å². The van der Waals surface area contributed by atoms with Crippen molar-refractivity contribution >= 4 is 23.0 Å². The molecule has 88 valence electrons. The summed E-state index contributed by atoms with van der Waals surface area (Å²) < 4.78 is 5.50. The normalized spacial score (nSPS) is 25.8. The SMILES string of the molecule is CC1COCC(C)N1c1ccc(N)cc1Cl. The Morgan fingerprint density at radius 3 is 2.50 bits per heavy atom. The number of hydrogen-bond donors (Lipinski definition) is 1. The summed E-state index contributed by atoms with van der Waals surface area (Å²) in [5.74, 6) is 0. The van der Waals surface area contributed by atoms with Crippen LogP contribution in [0.25, 0.3) is 0 Å². The molecule has 2 rings (SSSR count). The average Bonchev–Trinajstić information content (AvgIpc) is 2.20. The number of halogens is 1. The van der Waals surface area contributed by atoms with Crippen LogP contribution in [-0.4, -0.2) is 25.3 Å². The van der Waals surface area contributed by atoms with Crippen molar-refractivity contribution in [1.82, 2.24) is 0 Å². The van der Waals surface area contributed by atoms with Gasteiger partial charge in [-0.25, -0.2) is 0 Å². The van der Waals surface area contributed by atoms with E-state index in [4.69, 9.17) is 22.1 Å². The number of benzene rings is 1. The number of nitrogens with zero attached hydrogens (tertiary/aromatic N) is 1.